The molecule has 2 N–H and O–H groups in total. The molecule has 0 fully saturated rings. The first-order chi connectivity index (χ1) is 7.18. The Balaban J connectivity index is 2.56. The molecule has 0 spiro atoms. The molecule has 0 aromatic heterocycles. The third-order valence-corrected chi connectivity index (χ3v) is 3.50. The Morgan fingerprint density at radius 3 is 1.87 bits per heavy atom. The summed E-state index contributed by atoms with van der Waals surface area (Å²) in [6.07, 6.45) is 0. The first-order valence-corrected chi connectivity index (χ1v) is 6.07. The van der Waals surface area contributed by atoms with Crippen LogP contribution in [0.3, 0.4) is 0 Å². The summed E-state index contributed by atoms with van der Waals surface area (Å²) in [7, 11) is 0. The topological polar surface area (TPSA) is 26.0 Å². The average molecular weight is 327 g/mol. The van der Waals surface area contributed by atoms with Gasteiger partial charge >= 0.3 is 0 Å². The van der Waals surface area contributed by atoms with Crippen LogP contribution in [0.1, 0.15) is 0 Å². The van der Waals surface area contributed by atoms with Gasteiger partial charge in [-0.3, -0.25) is 0 Å². The lowest BCUT2D eigenvalue weighted by atomic mass is 10.1. The Morgan fingerprint density at radius 2 is 1.33 bits per heavy atom. The Labute approximate surface area is 106 Å². The van der Waals surface area contributed by atoms with E-state index >= 15 is 0 Å². The molecule has 0 atom stereocenters. The maximum absolute atomic E-state index is 5.84. The van der Waals surface area contributed by atoms with Crippen molar-refractivity contribution in [2.45, 2.75) is 0 Å². The summed E-state index contributed by atoms with van der Waals surface area (Å²) in [6, 6.07) is 14.2. The fraction of sp³-hybridized carbons (Fsp3) is 0. The molecule has 76 valence electrons. The van der Waals surface area contributed by atoms with Crippen LogP contribution < -0.4 is 5.73 Å². The molecular formula is C12H9Br2N. The van der Waals surface area contributed by atoms with Gasteiger partial charge in [-0.25, -0.2) is 0 Å². The molecule has 1 nitrogen and oxygen atoms in total. The third-order valence-electron chi connectivity index (χ3n) is 2.19. The van der Waals surface area contributed by atoms with E-state index in [-0.39, 0.29) is 0 Å². The van der Waals surface area contributed by atoms with Crippen LogP contribution in [0.5, 0.6) is 0 Å². The Hall–Kier alpha value is -0.800. The lowest BCUT2D eigenvalue weighted by molar-refractivity contribution is 1.55. The number of rotatable bonds is 1. The van der Waals surface area contributed by atoms with E-state index in [1.54, 1.807) is 0 Å². The van der Waals surface area contributed by atoms with Gasteiger partial charge in [0.2, 0.25) is 0 Å². The van der Waals surface area contributed by atoms with E-state index in [2.05, 4.69) is 44.0 Å². The highest BCUT2D eigenvalue weighted by molar-refractivity contribution is 9.11. The second-order valence-electron chi connectivity index (χ2n) is 3.22. The molecule has 3 heteroatoms. The molecule has 0 aliphatic rings. The van der Waals surface area contributed by atoms with Gasteiger partial charge in [-0.05, 0) is 55.1 Å². The summed E-state index contributed by atoms with van der Waals surface area (Å²) in [4.78, 5) is 0. The molecule has 0 bridgehead atoms. The molecular weight excluding hydrogens is 318 g/mol. The number of halogens is 2. The molecule has 0 aliphatic carbocycles. The van der Waals surface area contributed by atoms with Crippen LogP contribution in [0.4, 0.5) is 5.69 Å². The minimum absolute atomic E-state index is 0.731. The molecule has 0 saturated heterocycles. The summed E-state index contributed by atoms with van der Waals surface area (Å²) >= 11 is 6.88. The van der Waals surface area contributed by atoms with Crippen molar-refractivity contribution in [2.24, 2.45) is 0 Å². The van der Waals surface area contributed by atoms with Crippen LogP contribution >= 0.6 is 31.9 Å². The van der Waals surface area contributed by atoms with Crippen LogP contribution in [-0.2, 0) is 0 Å². The average Bonchev–Trinajstić information content (AvgIpc) is 2.26. The predicted octanol–water partition coefficient (Wildman–Crippen LogP) is 4.46. The Morgan fingerprint density at radius 1 is 0.800 bits per heavy atom. The zero-order valence-corrected chi connectivity index (χ0v) is 11.0. The summed E-state index contributed by atoms with van der Waals surface area (Å²) in [6.45, 7) is 0. The number of hydrogen-bond donors (Lipinski definition) is 1. The van der Waals surface area contributed by atoms with Crippen molar-refractivity contribution in [1.29, 1.82) is 0 Å². The molecule has 0 radical (unpaired) electrons. The van der Waals surface area contributed by atoms with Gasteiger partial charge in [-0.15, -0.1) is 0 Å². The van der Waals surface area contributed by atoms with Crippen LogP contribution in [0.15, 0.2) is 51.4 Å². The van der Waals surface area contributed by atoms with Crippen molar-refractivity contribution in [3.63, 3.8) is 0 Å². The lowest BCUT2D eigenvalue weighted by Gasteiger charge is -2.06. The first kappa shape index (κ1) is 10.7. The number of nitrogen functional groups attached to an aromatic ring is 1. The number of nitrogens with two attached hydrogens (primary N) is 1. The fourth-order valence-electron chi connectivity index (χ4n) is 1.38. The SMILES string of the molecule is Nc1c(Br)cc(-c2ccccc2)cc1Br. The van der Waals surface area contributed by atoms with E-state index in [1.165, 1.54) is 5.56 Å². The second kappa shape index (κ2) is 4.37. The first-order valence-electron chi connectivity index (χ1n) is 4.48. The van der Waals surface area contributed by atoms with Gasteiger partial charge in [-0.1, -0.05) is 30.3 Å². The highest BCUT2D eigenvalue weighted by Gasteiger charge is 2.05. The summed E-state index contributed by atoms with van der Waals surface area (Å²) < 4.78 is 1.83. The van der Waals surface area contributed by atoms with Crippen molar-refractivity contribution in [2.75, 3.05) is 5.73 Å². The van der Waals surface area contributed by atoms with Crippen molar-refractivity contribution in [3.8, 4) is 11.1 Å². The van der Waals surface area contributed by atoms with E-state index in [9.17, 15) is 0 Å². The largest absolute Gasteiger partial charge is 0.397 e. The van der Waals surface area contributed by atoms with Crippen molar-refractivity contribution in [1.82, 2.24) is 0 Å². The van der Waals surface area contributed by atoms with Crippen LogP contribution in [0, 0.1) is 0 Å². The highest BCUT2D eigenvalue weighted by Crippen LogP contribution is 2.33. The predicted molar refractivity (Wildman–Crippen MR) is 71.7 cm³/mol. The highest BCUT2D eigenvalue weighted by atomic mass is 79.9. The fourth-order valence-corrected chi connectivity index (χ4v) is 2.57. The van der Waals surface area contributed by atoms with E-state index in [0.717, 1.165) is 20.2 Å². The zero-order valence-electron chi connectivity index (χ0n) is 7.87. The zero-order chi connectivity index (χ0) is 10.8. The van der Waals surface area contributed by atoms with Gasteiger partial charge in [0.05, 0.1) is 5.69 Å². The standard InChI is InChI=1S/C12H9Br2N/c13-10-6-9(7-11(14)12(10)15)8-4-2-1-3-5-8/h1-7H,15H2. The van der Waals surface area contributed by atoms with Crippen LogP contribution in [-0.4, -0.2) is 0 Å². The lowest BCUT2D eigenvalue weighted by Crippen LogP contribution is -1.89. The van der Waals surface area contributed by atoms with Gasteiger partial charge < -0.3 is 5.73 Å². The molecule has 0 amide bonds. The molecule has 0 unspecified atom stereocenters. The molecule has 0 aliphatic heterocycles. The van der Waals surface area contributed by atoms with Gasteiger partial charge in [-0.2, -0.15) is 0 Å². The van der Waals surface area contributed by atoms with Crippen molar-refractivity contribution in [3.05, 3.63) is 51.4 Å². The van der Waals surface area contributed by atoms with Gasteiger partial charge in [0.1, 0.15) is 0 Å². The van der Waals surface area contributed by atoms with Gasteiger partial charge in [0, 0.05) is 8.95 Å². The molecule has 2 aromatic carbocycles. The maximum atomic E-state index is 5.84. The summed E-state index contributed by atoms with van der Waals surface area (Å²) in [5.74, 6) is 0. The quantitative estimate of drug-likeness (QED) is 0.769. The van der Waals surface area contributed by atoms with E-state index in [0.29, 0.717) is 0 Å². The molecule has 0 saturated carbocycles. The number of benzene rings is 2. The van der Waals surface area contributed by atoms with Gasteiger partial charge in [0.15, 0.2) is 0 Å². The summed E-state index contributed by atoms with van der Waals surface area (Å²) in [5.41, 5.74) is 8.89. The van der Waals surface area contributed by atoms with E-state index in [4.69, 9.17) is 5.73 Å². The third kappa shape index (κ3) is 2.24. The van der Waals surface area contributed by atoms with E-state index < -0.39 is 0 Å². The minimum atomic E-state index is 0.731. The second-order valence-corrected chi connectivity index (χ2v) is 4.93. The normalized spacial score (nSPS) is 10.3. The van der Waals surface area contributed by atoms with Gasteiger partial charge in [0.25, 0.3) is 0 Å². The number of anilines is 1. The molecule has 0 heterocycles. The Bertz CT molecular complexity index is 457. The molecule has 2 rings (SSSR count). The molecule has 15 heavy (non-hydrogen) atoms. The van der Waals surface area contributed by atoms with Crippen molar-refractivity contribution >= 4 is 37.5 Å². The Kier molecular flexibility index (Phi) is 3.12. The summed E-state index contributed by atoms with van der Waals surface area (Å²) in [5, 5.41) is 0. The monoisotopic (exact) mass is 325 g/mol. The van der Waals surface area contributed by atoms with Crippen LogP contribution in [0.2, 0.25) is 0 Å². The van der Waals surface area contributed by atoms with Crippen molar-refractivity contribution < 1.29 is 0 Å². The van der Waals surface area contributed by atoms with E-state index in [1.807, 2.05) is 30.3 Å². The maximum Gasteiger partial charge on any atom is 0.0603 e. The smallest absolute Gasteiger partial charge is 0.0603 e. The molecule has 2 aromatic rings. The van der Waals surface area contributed by atoms with Crippen LogP contribution in [0.25, 0.3) is 11.1 Å². The minimum Gasteiger partial charge on any atom is -0.397 e. The number of hydrogen-bond acceptors (Lipinski definition) is 1.